The number of nitrogens with one attached hydrogen (secondary N) is 1. The summed E-state index contributed by atoms with van der Waals surface area (Å²) in [5.74, 6) is 0.635. The number of hydrogen-bond acceptors (Lipinski definition) is 6. The average molecular weight is 415 g/mol. The number of esters is 1. The molecule has 1 amide bonds. The van der Waals surface area contributed by atoms with Gasteiger partial charge in [-0.1, -0.05) is 32.9 Å². The summed E-state index contributed by atoms with van der Waals surface area (Å²) in [6.45, 7) is 6.86. The van der Waals surface area contributed by atoms with Gasteiger partial charge in [0.05, 0.1) is 20.8 Å². The highest BCUT2D eigenvalue weighted by atomic mass is 16.6. The fourth-order valence-electron chi connectivity index (χ4n) is 2.61. The van der Waals surface area contributed by atoms with E-state index in [1.807, 2.05) is 24.3 Å². The van der Waals surface area contributed by atoms with Gasteiger partial charge >= 0.3 is 5.97 Å². The van der Waals surface area contributed by atoms with Gasteiger partial charge in [0, 0.05) is 5.56 Å². The fourth-order valence-corrected chi connectivity index (χ4v) is 2.61. The van der Waals surface area contributed by atoms with Crippen molar-refractivity contribution in [2.24, 2.45) is 0 Å². The molecule has 2 aromatic rings. The second kappa shape index (κ2) is 10.5. The first-order valence-corrected chi connectivity index (χ1v) is 9.64. The van der Waals surface area contributed by atoms with Crippen molar-refractivity contribution < 1.29 is 28.5 Å². The molecule has 0 heterocycles. The summed E-state index contributed by atoms with van der Waals surface area (Å²) in [7, 11) is 2.75. The zero-order valence-electron chi connectivity index (χ0n) is 18.1. The quantitative estimate of drug-likeness (QED) is 0.500. The van der Waals surface area contributed by atoms with Crippen LogP contribution < -0.4 is 19.5 Å². The van der Waals surface area contributed by atoms with E-state index in [2.05, 4.69) is 30.8 Å². The molecule has 162 valence electrons. The zero-order valence-corrected chi connectivity index (χ0v) is 18.1. The minimum atomic E-state index is -0.528. The van der Waals surface area contributed by atoms with Crippen LogP contribution in [-0.2, 0) is 14.9 Å². The molecule has 30 heavy (non-hydrogen) atoms. The first-order valence-electron chi connectivity index (χ1n) is 9.64. The Morgan fingerprint density at radius 3 is 2.23 bits per heavy atom. The Labute approximate surface area is 177 Å². The van der Waals surface area contributed by atoms with Crippen LogP contribution in [0.15, 0.2) is 42.5 Å². The summed E-state index contributed by atoms with van der Waals surface area (Å²) >= 11 is 0. The molecule has 0 aliphatic carbocycles. The number of carbonyl (C=O) groups excluding carboxylic acids is 2. The molecule has 0 saturated carbocycles. The number of methoxy groups -OCH3 is 2. The van der Waals surface area contributed by atoms with Crippen LogP contribution in [0.4, 0.5) is 0 Å². The lowest BCUT2D eigenvalue weighted by Crippen LogP contribution is -2.28. The third-order valence-electron chi connectivity index (χ3n) is 4.38. The molecule has 0 aliphatic rings. The highest BCUT2D eigenvalue weighted by Crippen LogP contribution is 2.28. The summed E-state index contributed by atoms with van der Waals surface area (Å²) in [5, 5.41) is 2.79. The molecule has 7 nitrogen and oxygen atoms in total. The van der Waals surface area contributed by atoms with Crippen molar-refractivity contribution in [2.45, 2.75) is 26.2 Å². The second-order valence-electron chi connectivity index (χ2n) is 7.61. The smallest absolute Gasteiger partial charge is 0.343 e. The van der Waals surface area contributed by atoms with Gasteiger partial charge in [0.25, 0.3) is 5.91 Å². The van der Waals surface area contributed by atoms with Crippen molar-refractivity contribution in [1.29, 1.82) is 0 Å². The maximum absolute atomic E-state index is 12.4. The largest absolute Gasteiger partial charge is 0.493 e. The normalized spacial score (nSPS) is 10.8. The summed E-state index contributed by atoms with van der Waals surface area (Å²) in [5.41, 5.74) is 1.70. The number of hydrogen-bond donors (Lipinski definition) is 1. The molecule has 0 saturated heterocycles. The predicted octanol–water partition coefficient (Wildman–Crippen LogP) is 3.35. The van der Waals surface area contributed by atoms with E-state index in [1.165, 1.54) is 25.8 Å². The van der Waals surface area contributed by atoms with Crippen LogP contribution in [0, 0.1) is 0 Å². The lowest BCUT2D eigenvalue weighted by molar-refractivity contribution is -0.142. The highest BCUT2D eigenvalue weighted by Gasteiger charge is 2.14. The Balaban J connectivity index is 1.87. The number of rotatable bonds is 9. The lowest BCUT2D eigenvalue weighted by Gasteiger charge is -2.19. The Morgan fingerprint density at radius 2 is 1.63 bits per heavy atom. The van der Waals surface area contributed by atoms with Crippen molar-refractivity contribution in [3.8, 4) is 17.2 Å². The van der Waals surface area contributed by atoms with Crippen LogP contribution in [0.5, 0.6) is 17.2 Å². The molecule has 0 bridgehead atoms. The molecule has 0 radical (unpaired) electrons. The van der Waals surface area contributed by atoms with E-state index in [9.17, 15) is 9.59 Å². The summed E-state index contributed by atoms with van der Waals surface area (Å²) < 4.78 is 20.8. The average Bonchev–Trinajstić information content (AvgIpc) is 2.74. The molecule has 1 N–H and O–H groups in total. The standard InChI is InChI=1S/C23H29NO6/c1-23(2,3)17-7-9-18(10-8-17)29-13-12-24-22(26)16-6-11-19(27-4)20(14-16)30-15-21(25)28-5/h6-11,14H,12-13,15H2,1-5H3,(H,24,26). The number of carbonyl (C=O) groups is 2. The Kier molecular flexibility index (Phi) is 8.09. The van der Waals surface area contributed by atoms with Gasteiger partial charge in [0.2, 0.25) is 0 Å². The van der Waals surface area contributed by atoms with E-state index in [0.717, 1.165) is 5.75 Å². The number of benzene rings is 2. The molecule has 0 aliphatic heterocycles. The van der Waals surface area contributed by atoms with Crippen molar-refractivity contribution in [3.05, 3.63) is 53.6 Å². The van der Waals surface area contributed by atoms with Crippen LogP contribution in [-0.4, -0.2) is 45.9 Å². The molecule has 0 fully saturated rings. The molecule has 0 aromatic heterocycles. The van der Waals surface area contributed by atoms with Gasteiger partial charge in [-0.05, 0) is 41.3 Å². The van der Waals surface area contributed by atoms with Gasteiger partial charge in [-0.2, -0.15) is 0 Å². The molecular weight excluding hydrogens is 386 g/mol. The summed E-state index contributed by atoms with van der Waals surface area (Å²) in [6.07, 6.45) is 0. The molecule has 0 spiro atoms. The zero-order chi connectivity index (χ0) is 22.1. The highest BCUT2D eigenvalue weighted by molar-refractivity contribution is 5.94. The van der Waals surface area contributed by atoms with Gasteiger partial charge < -0.3 is 24.3 Å². The van der Waals surface area contributed by atoms with Crippen LogP contribution in [0.25, 0.3) is 0 Å². The molecule has 7 heteroatoms. The van der Waals surface area contributed by atoms with E-state index < -0.39 is 5.97 Å². The second-order valence-corrected chi connectivity index (χ2v) is 7.61. The van der Waals surface area contributed by atoms with E-state index >= 15 is 0 Å². The molecule has 2 rings (SSSR count). The monoisotopic (exact) mass is 415 g/mol. The van der Waals surface area contributed by atoms with Crippen molar-refractivity contribution >= 4 is 11.9 Å². The fraction of sp³-hybridized carbons (Fsp3) is 0.391. The molecule has 2 aromatic carbocycles. The van der Waals surface area contributed by atoms with E-state index in [1.54, 1.807) is 12.1 Å². The maximum atomic E-state index is 12.4. The van der Waals surface area contributed by atoms with Gasteiger partial charge in [0.1, 0.15) is 12.4 Å². The first-order chi connectivity index (χ1) is 14.2. The van der Waals surface area contributed by atoms with Gasteiger partial charge in [-0.15, -0.1) is 0 Å². The molecule has 0 atom stereocenters. The van der Waals surface area contributed by atoms with Crippen LogP contribution in [0.1, 0.15) is 36.7 Å². The molecule has 0 unspecified atom stereocenters. The SMILES string of the molecule is COC(=O)COc1cc(C(=O)NCCOc2ccc(C(C)(C)C)cc2)ccc1OC. The van der Waals surface area contributed by atoms with E-state index in [-0.39, 0.29) is 23.7 Å². The summed E-state index contributed by atoms with van der Waals surface area (Å²) in [6, 6.07) is 12.7. The first kappa shape index (κ1) is 23.1. The minimum absolute atomic E-state index is 0.0876. The van der Waals surface area contributed by atoms with E-state index in [4.69, 9.17) is 14.2 Å². The van der Waals surface area contributed by atoms with Gasteiger partial charge in [-0.3, -0.25) is 4.79 Å². The number of amides is 1. The topological polar surface area (TPSA) is 83.1 Å². The van der Waals surface area contributed by atoms with Gasteiger partial charge in [-0.25, -0.2) is 4.79 Å². The predicted molar refractivity (Wildman–Crippen MR) is 113 cm³/mol. The van der Waals surface area contributed by atoms with Crippen molar-refractivity contribution in [2.75, 3.05) is 34.0 Å². The van der Waals surface area contributed by atoms with Crippen LogP contribution in [0.3, 0.4) is 0 Å². The Bertz CT molecular complexity index is 855. The van der Waals surface area contributed by atoms with E-state index in [0.29, 0.717) is 24.5 Å². The molecular formula is C23H29NO6. The third-order valence-corrected chi connectivity index (χ3v) is 4.38. The van der Waals surface area contributed by atoms with Crippen LogP contribution in [0.2, 0.25) is 0 Å². The van der Waals surface area contributed by atoms with Crippen molar-refractivity contribution in [3.63, 3.8) is 0 Å². The van der Waals surface area contributed by atoms with Gasteiger partial charge in [0.15, 0.2) is 18.1 Å². The maximum Gasteiger partial charge on any atom is 0.343 e. The minimum Gasteiger partial charge on any atom is -0.493 e. The summed E-state index contributed by atoms with van der Waals surface area (Å²) in [4.78, 5) is 23.7. The Morgan fingerprint density at radius 1 is 0.933 bits per heavy atom. The van der Waals surface area contributed by atoms with Crippen LogP contribution >= 0.6 is 0 Å². The third kappa shape index (κ3) is 6.69. The van der Waals surface area contributed by atoms with Crippen molar-refractivity contribution in [1.82, 2.24) is 5.32 Å². The lowest BCUT2D eigenvalue weighted by atomic mass is 9.87. The number of ether oxygens (including phenoxy) is 4. The Hall–Kier alpha value is -3.22.